The SMILES string of the molecule is CCC1(C(=O)OC)CCC(C=O)N1C(=O)OCc1ccccc1. The summed E-state index contributed by atoms with van der Waals surface area (Å²) in [7, 11) is 1.28. The lowest BCUT2D eigenvalue weighted by molar-refractivity contribution is -0.153. The first-order valence-corrected chi connectivity index (χ1v) is 7.62. The maximum Gasteiger partial charge on any atom is 0.411 e. The van der Waals surface area contributed by atoms with Crippen LogP contribution in [0.5, 0.6) is 0 Å². The third-order valence-corrected chi connectivity index (χ3v) is 4.36. The zero-order valence-electron chi connectivity index (χ0n) is 13.4. The van der Waals surface area contributed by atoms with Gasteiger partial charge in [-0.1, -0.05) is 37.3 Å². The Morgan fingerprint density at radius 2 is 2.04 bits per heavy atom. The van der Waals surface area contributed by atoms with Crippen LogP contribution in [-0.4, -0.2) is 41.9 Å². The summed E-state index contributed by atoms with van der Waals surface area (Å²) < 4.78 is 10.2. The molecule has 23 heavy (non-hydrogen) atoms. The van der Waals surface area contributed by atoms with Crippen LogP contribution in [0.3, 0.4) is 0 Å². The van der Waals surface area contributed by atoms with Crippen LogP contribution in [0.25, 0.3) is 0 Å². The van der Waals surface area contributed by atoms with E-state index in [2.05, 4.69) is 0 Å². The van der Waals surface area contributed by atoms with Gasteiger partial charge < -0.3 is 14.3 Å². The van der Waals surface area contributed by atoms with Gasteiger partial charge in [0.05, 0.1) is 13.2 Å². The summed E-state index contributed by atoms with van der Waals surface area (Å²) in [5.41, 5.74) is -0.295. The number of amides is 1. The molecule has 6 heteroatoms. The van der Waals surface area contributed by atoms with Crippen LogP contribution < -0.4 is 0 Å². The second kappa shape index (κ2) is 7.26. The standard InChI is InChI=1S/C17H21NO5/c1-3-17(15(20)22-2)10-9-14(11-19)18(17)16(21)23-12-13-7-5-4-6-8-13/h4-8,11,14H,3,9-10,12H2,1-2H3. The third-order valence-electron chi connectivity index (χ3n) is 4.36. The van der Waals surface area contributed by atoms with Gasteiger partial charge in [-0.05, 0) is 24.8 Å². The summed E-state index contributed by atoms with van der Waals surface area (Å²) in [5.74, 6) is -0.513. The first-order valence-electron chi connectivity index (χ1n) is 7.62. The molecular formula is C17H21NO5. The maximum atomic E-state index is 12.5. The Bertz CT molecular complexity index is 574. The Kier molecular flexibility index (Phi) is 5.36. The lowest BCUT2D eigenvalue weighted by atomic mass is 9.93. The first-order chi connectivity index (χ1) is 11.1. The smallest absolute Gasteiger partial charge is 0.411 e. The molecule has 1 fully saturated rings. The Morgan fingerprint density at radius 3 is 2.61 bits per heavy atom. The number of hydrogen-bond acceptors (Lipinski definition) is 5. The Hall–Kier alpha value is -2.37. The van der Waals surface area contributed by atoms with E-state index in [9.17, 15) is 14.4 Å². The molecule has 2 rings (SSSR count). The number of carbonyl (C=O) groups is 3. The highest BCUT2D eigenvalue weighted by Gasteiger charge is 2.54. The molecule has 1 amide bonds. The van der Waals surface area contributed by atoms with E-state index in [1.54, 1.807) is 6.92 Å². The number of rotatable bonds is 5. The summed E-state index contributed by atoms with van der Waals surface area (Å²) in [6, 6.07) is 8.56. The van der Waals surface area contributed by atoms with Crippen molar-refractivity contribution in [1.82, 2.24) is 4.90 Å². The van der Waals surface area contributed by atoms with E-state index in [0.717, 1.165) is 5.56 Å². The Labute approximate surface area is 135 Å². The molecule has 2 atom stereocenters. The van der Waals surface area contributed by atoms with Crippen LogP contribution in [0.1, 0.15) is 31.7 Å². The molecule has 0 bridgehead atoms. The molecule has 124 valence electrons. The van der Waals surface area contributed by atoms with Crippen molar-refractivity contribution < 1.29 is 23.9 Å². The van der Waals surface area contributed by atoms with Gasteiger partial charge in [0, 0.05) is 0 Å². The molecular weight excluding hydrogens is 298 g/mol. The highest BCUT2D eigenvalue weighted by Crippen LogP contribution is 2.37. The van der Waals surface area contributed by atoms with E-state index >= 15 is 0 Å². The predicted octanol–water partition coefficient (Wildman–Crippen LogP) is 2.31. The largest absolute Gasteiger partial charge is 0.467 e. The van der Waals surface area contributed by atoms with Gasteiger partial charge in [-0.25, -0.2) is 9.59 Å². The molecule has 1 aromatic rings. The number of ether oxygens (including phenoxy) is 2. The number of likely N-dealkylation sites (tertiary alicyclic amines) is 1. The van der Waals surface area contributed by atoms with Crippen LogP contribution >= 0.6 is 0 Å². The number of nitrogens with zero attached hydrogens (tertiary/aromatic N) is 1. The summed E-state index contributed by atoms with van der Waals surface area (Å²) in [4.78, 5) is 37.3. The first kappa shape index (κ1) is 17.0. The third kappa shape index (κ3) is 3.21. The topological polar surface area (TPSA) is 72.9 Å². The second-order valence-corrected chi connectivity index (χ2v) is 5.53. The summed E-state index contributed by atoms with van der Waals surface area (Å²) in [5, 5.41) is 0. The van der Waals surface area contributed by atoms with Gasteiger partial charge in [0.1, 0.15) is 18.4 Å². The van der Waals surface area contributed by atoms with Crippen LogP contribution in [0.4, 0.5) is 4.79 Å². The fraction of sp³-hybridized carbons (Fsp3) is 0.471. The zero-order valence-corrected chi connectivity index (χ0v) is 13.4. The van der Waals surface area contributed by atoms with Crippen molar-refractivity contribution in [1.29, 1.82) is 0 Å². The zero-order chi connectivity index (χ0) is 16.9. The number of carbonyl (C=O) groups excluding carboxylic acids is 3. The van der Waals surface area contributed by atoms with Crippen molar-refractivity contribution in [3.8, 4) is 0 Å². The fourth-order valence-corrected chi connectivity index (χ4v) is 3.06. The van der Waals surface area contributed by atoms with Gasteiger partial charge in [0.15, 0.2) is 0 Å². The lowest BCUT2D eigenvalue weighted by Crippen LogP contribution is -2.56. The summed E-state index contributed by atoms with van der Waals surface area (Å²) in [6.07, 6.45) is 1.19. The molecule has 0 aromatic heterocycles. The van der Waals surface area contributed by atoms with Crippen molar-refractivity contribution in [3.05, 3.63) is 35.9 Å². The molecule has 0 saturated carbocycles. The molecule has 0 N–H and O–H groups in total. The van der Waals surface area contributed by atoms with Crippen LogP contribution in [-0.2, 0) is 25.7 Å². The number of benzene rings is 1. The normalized spacial score (nSPS) is 23.4. The van der Waals surface area contributed by atoms with E-state index in [4.69, 9.17) is 9.47 Å². The number of hydrogen-bond donors (Lipinski definition) is 0. The molecule has 1 heterocycles. The Balaban J connectivity index is 2.19. The fourth-order valence-electron chi connectivity index (χ4n) is 3.06. The minimum absolute atomic E-state index is 0.0860. The van der Waals surface area contributed by atoms with Crippen molar-refractivity contribution in [2.24, 2.45) is 0 Å². The highest BCUT2D eigenvalue weighted by molar-refractivity contribution is 5.88. The van der Waals surface area contributed by atoms with Crippen LogP contribution in [0, 0.1) is 0 Å². The molecule has 1 aromatic carbocycles. The van der Waals surface area contributed by atoms with Gasteiger partial charge in [0.25, 0.3) is 0 Å². The average molecular weight is 319 g/mol. The van der Waals surface area contributed by atoms with Crippen LogP contribution in [0.2, 0.25) is 0 Å². The van der Waals surface area contributed by atoms with E-state index in [0.29, 0.717) is 25.5 Å². The van der Waals surface area contributed by atoms with Gasteiger partial charge in [-0.3, -0.25) is 4.90 Å². The minimum atomic E-state index is -1.13. The van der Waals surface area contributed by atoms with E-state index in [-0.39, 0.29) is 6.61 Å². The molecule has 6 nitrogen and oxygen atoms in total. The van der Waals surface area contributed by atoms with E-state index < -0.39 is 23.6 Å². The summed E-state index contributed by atoms with van der Waals surface area (Å²) >= 11 is 0. The Morgan fingerprint density at radius 1 is 1.35 bits per heavy atom. The molecule has 0 radical (unpaired) electrons. The molecule has 2 unspecified atom stereocenters. The second-order valence-electron chi connectivity index (χ2n) is 5.53. The monoisotopic (exact) mass is 319 g/mol. The molecule has 1 aliphatic heterocycles. The van der Waals surface area contributed by atoms with Gasteiger partial charge in [-0.2, -0.15) is 0 Å². The van der Waals surface area contributed by atoms with Crippen LogP contribution in [0.15, 0.2) is 30.3 Å². The van der Waals surface area contributed by atoms with E-state index in [1.807, 2.05) is 30.3 Å². The highest BCUT2D eigenvalue weighted by atomic mass is 16.6. The van der Waals surface area contributed by atoms with Crippen molar-refractivity contribution in [3.63, 3.8) is 0 Å². The predicted molar refractivity (Wildman–Crippen MR) is 82.6 cm³/mol. The molecule has 0 aliphatic carbocycles. The van der Waals surface area contributed by atoms with Gasteiger partial charge in [-0.15, -0.1) is 0 Å². The number of aldehydes is 1. The van der Waals surface area contributed by atoms with Crippen molar-refractivity contribution in [2.75, 3.05) is 7.11 Å². The van der Waals surface area contributed by atoms with Crippen molar-refractivity contribution in [2.45, 2.75) is 44.4 Å². The minimum Gasteiger partial charge on any atom is -0.467 e. The quantitative estimate of drug-likeness (QED) is 0.615. The van der Waals surface area contributed by atoms with Gasteiger partial charge >= 0.3 is 12.1 Å². The molecule has 0 spiro atoms. The average Bonchev–Trinajstić information content (AvgIpc) is 2.99. The summed E-state index contributed by atoms with van der Waals surface area (Å²) in [6.45, 7) is 1.88. The lowest BCUT2D eigenvalue weighted by Gasteiger charge is -2.35. The van der Waals surface area contributed by atoms with E-state index in [1.165, 1.54) is 12.0 Å². The molecule has 1 saturated heterocycles. The number of esters is 1. The number of methoxy groups -OCH3 is 1. The van der Waals surface area contributed by atoms with Gasteiger partial charge in [0.2, 0.25) is 0 Å². The molecule has 1 aliphatic rings. The maximum absolute atomic E-state index is 12.5. The van der Waals surface area contributed by atoms with Crippen molar-refractivity contribution >= 4 is 18.3 Å².